The van der Waals surface area contributed by atoms with Crippen molar-refractivity contribution in [1.29, 1.82) is 0 Å². The van der Waals surface area contributed by atoms with Crippen molar-refractivity contribution in [2.24, 2.45) is 0 Å². The molecule has 6 heteroatoms. The highest BCUT2D eigenvalue weighted by atomic mass is 16.6. The summed E-state index contributed by atoms with van der Waals surface area (Å²) in [5.41, 5.74) is 1.60. The molecule has 0 saturated carbocycles. The van der Waals surface area contributed by atoms with E-state index in [4.69, 9.17) is 9.47 Å². The highest BCUT2D eigenvalue weighted by Gasteiger charge is 2.15. The number of nitrogens with one attached hydrogen (secondary N) is 2. The van der Waals surface area contributed by atoms with Gasteiger partial charge in [-0.1, -0.05) is 18.2 Å². The third-order valence-corrected chi connectivity index (χ3v) is 4.22. The number of Topliss-reactive ketones (excluding diaryl/α,β-unsaturated/α-hetero) is 1. The molecule has 27 heavy (non-hydrogen) atoms. The Balaban J connectivity index is 1.33. The van der Waals surface area contributed by atoms with Gasteiger partial charge in [-0.3, -0.25) is 9.59 Å². The molecule has 0 unspecified atom stereocenters. The lowest BCUT2D eigenvalue weighted by molar-refractivity contribution is -0.121. The van der Waals surface area contributed by atoms with Crippen LogP contribution in [0.15, 0.2) is 48.5 Å². The van der Waals surface area contributed by atoms with Gasteiger partial charge in [0.2, 0.25) is 5.91 Å². The average Bonchev–Trinajstić information content (AvgIpc) is 2.72. The Hall–Kier alpha value is -3.02. The van der Waals surface area contributed by atoms with Crippen molar-refractivity contribution >= 4 is 17.4 Å². The number of ether oxygens (including phenoxy) is 2. The van der Waals surface area contributed by atoms with E-state index in [1.54, 1.807) is 18.2 Å². The zero-order valence-electron chi connectivity index (χ0n) is 15.2. The summed E-state index contributed by atoms with van der Waals surface area (Å²) in [4.78, 5) is 24.2. The first kappa shape index (κ1) is 18.8. The van der Waals surface area contributed by atoms with Crippen LogP contribution in [0, 0.1) is 0 Å². The summed E-state index contributed by atoms with van der Waals surface area (Å²) in [7, 11) is 0. The van der Waals surface area contributed by atoms with Crippen LogP contribution in [-0.2, 0) is 4.79 Å². The highest BCUT2D eigenvalue weighted by molar-refractivity contribution is 5.98. The first-order valence-electron chi connectivity index (χ1n) is 9.21. The second kappa shape index (κ2) is 9.62. The van der Waals surface area contributed by atoms with Gasteiger partial charge in [0.05, 0.1) is 0 Å². The van der Waals surface area contributed by atoms with Crippen molar-refractivity contribution in [3.8, 4) is 11.5 Å². The van der Waals surface area contributed by atoms with Gasteiger partial charge in [-0.25, -0.2) is 0 Å². The summed E-state index contributed by atoms with van der Waals surface area (Å²) >= 11 is 0. The van der Waals surface area contributed by atoms with Crippen molar-refractivity contribution in [1.82, 2.24) is 5.32 Å². The zero-order valence-corrected chi connectivity index (χ0v) is 15.2. The molecule has 0 aliphatic carbocycles. The van der Waals surface area contributed by atoms with Gasteiger partial charge in [0, 0.05) is 37.2 Å². The number of amides is 1. The molecular weight excluding hydrogens is 344 g/mol. The first-order chi connectivity index (χ1) is 13.2. The number of para-hydroxylation sites is 1. The Kier molecular flexibility index (Phi) is 6.68. The van der Waals surface area contributed by atoms with Gasteiger partial charge in [-0.2, -0.15) is 0 Å². The van der Waals surface area contributed by atoms with E-state index in [2.05, 4.69) is 10.6 Å². The van der Waals surface area contributed by atoms with Crippen LogP contribution in [0.4, 0.5) is 5.69 Å². The fraction of sp³-hybridized carbons (Fsp3) is 0.333. The van der Waals surface area contributed by atoms with Crippen LogP contribution in [0.2, 0.25) is 0 Å². The molecule has 0 radical (unpaired) electrons. The Morgan fingerprint density at radius 1 is 0.889 bits per heavy atom. The lowest BCUT2D eigenvalue weighted by Gasteiger charge is -2.18. The molecule has 0 fully saturated rings. The number of ketones is 1. The molecule has 1 aliphatic heterocycles. The van der Waals surface area contributed by atoms with E-state index < -0.39 is 0 Å². The van der Waals surface area contributed by atoms with Crippen LogP contribution >= 0.6 is 0 Å². The fourth-order valence-corrected chi connectivity index (χ4v) is 2.78. The van der Waals surface area contributed by atoms with Crippen molar-refractivity contribution in [3.63, 3.8) is 0 Å². The number of fused-ring (bicyclic) bond motifs is 1. The van der Waals surface area contributed by atoms with Gasteiger partial charge in [0.1, 0.15) is 13.2 Å². The molecule has 0 bridgehead atoms. The molecule has 0 saturated heterocycles. The summed E-state index contributed by atoms with van der Waals surface area (Å²) in [6.07, 6.45) is 1.17. The largest absolute Gasteiger partial charge is 0.486 e. The second-order valence-electron chi connectivity index (χ2n) is 6.28. The molecule has 6 nitrogen and oxygen atoms in total. The second-order valence-corrected chi connectivity index (χ2v) is 6.28. The molecule has 0 spiro atoms. The van der Waals surface area contributed by atoms with Crippen molar-refractivity contribution in [2.45, 2.75) is 19.3 Å². The van der Waals surface area contributed by atoms with Gasteiger partial charge in [-0.15, -0.1) is 0 Å². The van der Waals surface area contributed by atoms with Gasteiger partial charge >= 0.3 is 0 Å². The zero-order chi connectivity index (χ0) is 18.9. The Morgan fingerprint density at radius 2 is 1.67 bits per heavy atom. The maximum atomic E-state index is 12.3. The Bertz CT molecular complexity index is 777. The number of hydrogen-bond donors (Lipinski definition) is 2. The van der Waals surface area contributed by atoms with Gasteiger partial charge < -0.3 is 20.1 Å². The highest BCUT2D eigenvalue weighted by Crippen LogP contribution is 2.31. The Labute approximate surface area is 158 Å². The minimum atomic E-state index is -0.111. The topological polar surface area (TPSA) is 76.7 Å². The Morgan fingerprint density at radius 3 is 2.48 bits per heavy atom. The normalized spacial score (nSPS) is 12.3. The number of hydrogen-bond acceptors (Lipinski definition) is 5. The third-order valence-electron chi connectivity index (χ3n) is 4.22. The van der Waals surface area contributed by atoms with Crippen LogP contribution < -0.4 is 20.1 Å². The summed E-state index contributed by atoms with van der Waals surface area (Å²) in [6.45, 7) is 2.35. The summed E-state index contributed by atoms with van der Waals surface area (Å²) in [6, 6.07) is 15.1. The number of carbonyl (C=O) groups is 2. The van der Waals surface area contributed by atoms with Gasteiger partial charge in [-0.05, 0) is 36.8 Å². The van der Waals surface area contributed by atoms with E-state index in [9.17, 15) is 9.59 Å². The van der Waals surface area contributed by atoms with E-state index in [0.29, 0.717) is 36.8 Å². The van der Waals surface area contributed by atoms with Crippen molar-refractivity contribution in [2.75, 3.05) is 31.6 Å². The average molecular weight is 368 g/mol. The number of rotatable bonds is 9. The van der Waals surface area contributed by atoms with E-state index in [1.165, 1.54) is 0 Å². The van der Waals surface area contributed by atoms with Crippen LogP contribution in [0.25, 0.3) is 0 Å². The SMILES string of the molecule is O=C(CCC(=O)c1ccc2c(c1)OCCO2)NCCCNc1ccccc1. The molecule has 0 atom stereocenters. The van der Waals surface area contributed by atoms with E-state index in [0.717, 1.165) is 18.7 Å². The van der Waals surface area contributed by atoms with E-state index in [-0.39, 0.29) is 24.5 Å². The monoisotopic (exact) mass is 368 g/mol. The standard InChI is InChI=1S/C21H24N2O4/c24-18(16-7-9-19-20(15-16)27-14-13-26-19)8-10-21(25)23-12-4-11-22-17-5-2-1-3-6-17/h1-3,5-7,9,15,22H,4,8,10-14H2,(H,23,25). The van der Waals surface area contributed by atoms with Crippen molar-refractivity contribution < 1.29 is 19.1 Å². The number of carbonyl (C=O) groups excluding carboxylic acids is 2. The smallest absolute Gasteiger partial charge is 0.220 e. The van der Waals surface area contributed by atoms with E-state index >= 15 is 0 Å². The molecule has 1 aliphatic rings. The maximum Gasteiger partial charge on any atom is 0.220 e. The van der Waals surface area contributed by atoms with Crippen LogP contribution in [0.5, 0.6) is 11.5 Å². The number of anilines is 1. The van der Waals surface area contributed by atoms with E-state index in [1.807, 2.05) is 30.3 Å². The number of benzene rings is 2. The predicted octanol–water partition coefficient (Wildman–Crippen LogP) is 3.04. The fourth-order valence-electron chi connectivity index (χ4n) is 2.78. The molecule has 1 amide bonds. The first-order valence-corrected chi connectivity index (χ1v) is 9.21. The molecule has 2 N–H and O–H groups in total. The van der Waals surface area contributed by atoms with Gasteiger partial charge in [0.25, 0.3) is 0 Å². The van der Waals surface area contributed by atoms with Gasteiger partial charge in [0.15, 0.2) is 17.3 Å². The van der Waals surface area contributed by atoms with Crippen LogP contribution in [-0.4, -0.2) is 38.0 Å². The minimum absolute atomic E-state index is 0.0760. The van der Waals surface area contributed by atoms with Crippen LogP contribution in [0.1, 0.15) is 29.6 Å². The molecule has 142 valence electrons. The van der Waals surface area contributed by atoms with Crippen molar-refractivity contribution in [3.05, 3.63) is 54.1 Å². The molecular formula is C21H24N2O4. The quantitative estimate of drug-likeness (QED) is 0.526. The third kappa shape index (κ3) is 5.74. The summed E-state index contributed by atoms with van der Waals surface area (Å²) in [5, 5.41) is 6.14. The molecule has 2 aromatic carbocycles. The molecule has 3 rings (SSSR count). The lowest BCUT2D eigenvalue weighted by atomic mass is 10.1. The maximum absolute atomic E-state index is 12.3. The molecule has 0 aromatic heterocycles. The molecule has 1 heterocycles. The summed E-state index contributed by atoms with van der Waals surface area (Å²) < 4.78 is 10.9. The summed E-state index contributed by atoms with van der Waals surface area (Å²) in [5.74, 6) is 1.05. The van der Waals surface area contributed by atoms with Crippen LogP contribution in [0.3, 0.4) is 0 Å². The minimum Gasteiger partial charge on any atom is -0.486 e. The predicted molar refractivity (Wildman–Crippen MR) is 104 cm³/mol. The lowest BCUT2D eigenvalue weighted by Crippen LogP contribution is -2.26. The molecule has 2 aromatic rings.